The highest BCUT2D eigenvalue weighted by atomic mass is 16.5. The Bertz CT molecular complexity index is 1080. The minimum atomic E-state index is -1.02. The molecule has 0 unspecified atom stereocenters. The molecule has 2 amide bonds. The predicted octanol–water partition coefficient (Wildman–Crippen LogP) is 4.02. The summed E-state index contributed by atoms with van der Waals surface area (Å²) >= 11 is 0. The summed E-state index contributed by atoms with van der Waals surface area (Å²) in [4.78, 5) is 39.5. The van der Waals surface area contributed by atoms with E-state index in [-0.39, 0.29) is 30.9 Å². The number of hydrogen-bond acceptors (Lipinski definition) is 4. The number of amides is 2. The van der Waals surface area contributed by atoms with Gasteiger partial charge in [-0.05, 0) is 41.0 Å². The molecule has 2 fully saturated rings. The van der Waals surface area contributed by atoms with Crippen LogP contribution in [0.1, 0.15) is 49.7 Å². The van der Waals surface area contributed by atoms with Crippen molar-refractivity contribution in [3.63, 3.8) is 0 Å². The van der Waals surface area contributed by atoms with E-state index in [9.17, 15) is 19.5 Å². The van der Waals surface area contributed by atoms with Gasteiger partial charge in [-0.15, -0.1) is 0 Å². The van der Waals surface area contributed by atoms with E-state index in [1.54, 1.807) is 4.90 Å². The van der Waals surface area contributed by atoms with Crippen molar-refractivity contribution in [2.45, 2.75) is 44.1 Å². The molecule has 1 saturated carbocycles. The number of alkyl carbamates (subject to hydrolysis) is 1. The minimum absolute atomic E-state index is 0.0517. The highest BCUT2D eigenvalue weighted by molar-refractivity contribution is 5.91. The molecule has 2 aromatic rings. The standard InChI is InChI=1S/C27H30N2O5/c1-17-14-29(15-22(17)24(30)31)25(32)27(12-6-7-13-27)28-26(33)34-16-23-20-10-4-2-8-18(20)19-9-3-5-11-21(19)23/h2-5,8-11,17,22-23H,6-7,12-16H2,1H3,(H,28,33)(H,30,31)/t17-,22-/m1/s1. The number of rotatable bonds is 5. The summed E-state index contributed by atoms with van der Waals surface area (Å²) in [6.45, 7) is 2.62. The van der Waals surface area contributed by atoms with Gasteiger partial charge in [0.15, 0.2) is 0 Å². The zero-order chi connectivity index (χ0) is 23.9. The number of fused-ring (bicyclic) bond motifs is 3. The topological polar surface area (TPSA) is 95.9 Å². The molecule has 3 aliphatic rings. The quantitative estimate of drug-likeness (QED) is 0.700. The van der Waals surface area contributed by atoms with Crippen molar-refractivity contribution in [1.29, 1.82) is 0 Å². The number of benzene rings is 2. The molecule has 178 valence electrons. The van der Waals surface area contributed by atoms with E-state index in [1.807, 2.05) is 31.2 Å². The number of aliphatic carboxylic acids is 1. The summed E-state index contributed by atoms with van der Waals surface area (Å²) in [6, 6.07) is 16.3. The van der Waals surface area contributed by atoms with Crippen LogP contribution in [-0.2, 0) is 14.3 Å². The number of carbonyl (C=O) groups excluding carboxylic acids is 2. The summed E-state index contributed by atoms with van der Waals surface area (Å²) in [5.74, 6) is -1.81. The van der Waals surface area contributed by atoms with Crippen molar-refractivity contribution in [2.75, 3.05) is 19.7 Å². The van der Waals surface area contributed by atoms with Gasteiger partial charge in [-0.1, -0.05) is 68.3 Å². The number of carboxylic acid groups (broad SMARTS) is 1. The maximum atomic E-state index is 13.5. The lowest BCUT2D eigenvalue weighted by Gasteiger charge is -2.33. The lowest BCUT2D eigenvalue weighted by atomic mass is 9.95. The average molecular weight is 463 g/mol. The fourth-order valence-electron chi connectivity index (χ4n) is 5.96. The minimum Gasteiger partial charge on any atom is -0.481 e. The molecule has 2 N–H and O–H groups in total. The van der Waals surface area contributed by atoms with E-state index in [4.69, 9.17) is 4.74 Å². The molecule has 7 heteroatoms. The van der Waals surface area contributed by atoms with E-state index in [2.05, 4.69) is 29.6 Å². The molecule has 7 nitrogen and oxygen atoms in total. The smallest absolute Gasteiger partial charge is 0.408 e. The second-order valence-electron chi connectivity index (χ2n) is 9.87. The molecule has 0 radical (unpaired) electrons. The van der Waals surface area contributed by atoms with Crippen LogP contribution in [0, 0.1) is 11.8 Å². The average Bonchev–Trinajstić information content (AvgIpc) is 3.54. The summed E-state index contributed by atoms with van der Waals surface area (Å²) in [7, 11) is 0. The Balaban J connectivity index is 1.28. The Kier molecular flexibility index (Phi) is 5.80. The van der Waals surface area contributed by atoms with Crippen LogP contribution < -0.4 is 5.32 Å². The van der Waals surface area contributed by atoms with Crippen LogP contribution in [-0.4, -0.2) is 53.2 Å². The number of carbonyl (C=O) groups is 3. The zero-order valence-corrected chi connectivity index (χ0v) is 19.3. The lowest BCUT2D eigenvalue weighted by molar-refractivity contribution is -0.142. The molecule has 1 aliphatic heterocycles. The third-order valence-electron chi connectivity index (χ3n) is 7.77. The maximum Gasteiger partial charge on any atom is 0.408 e. The molecule has 0 aromatic heterocycles. The normalized spacial score (nSPS) is 22.8. The molecule has 0 bridgehead atoms. The second-order valence-corrected chi connectivity index (χ2v) is 9.87. The molecule has 2 atom stereocenters. The second kappa shape index (κ2) is 8.78. The molecular weight excluding hydrogens is 432 g/mol. The monoisotopic (exact) mass is 462 g/mol. The van der Waals surface area contributed by atoms with E-state index < -0.39 is 23.5 Å². The first-order valence-electron chi connectivity index (χ1n) is 12.0. The van der Waals surface area contributed by atoms with Crippen LogP contribution >= 0.6 is 0 Å². The number of hydrogen-bond donors (Lipinski definition) is 2. The molecule has 34 heavy (non-hydrogen) atoms. The van der Waals surface area contributed by atoms with Gasteiger partial charge in [-0.2, -0.15) is 0 Å². The maximum absolute atomic E-state index is 13.5. The largest absolute Gasteiger partial charge is 0.481 e. The first kappa shape index (κ1) is 22.4. The van der Waals surface area contributed by atoms with Crippen molar-refractivity contribution in [3.05, 3.63) is 59.7 Å². The van der Waals surface area contributed by atoms with Gasteiger partial charge < -0.3 is 20.1 Å². The van der Waals surface area contributed by atoms with Crippen LogP contribution in [0.2, 0.25) is 0 Å². The van der Waals surface area contributed by atoms with E-state index in [0.717, 1.165) is 35.1 Å². The third-order valence-corrected chi connectivity index (χ3v) is 7.77. The van der Waals surface area contributed by atoms with Crippen molar-refractivity contribution in [1.82, 2.24) is 10.2 Å². The Morgan fingerprint density at radius 1 is 1.00 bits per heavy atom. The predicted molar refractivity (Wildman–Crippen MR) is 126 cm³/mol. The molecule has 2 aliphatic carbocycles. The number of nitrogens with zero attached hydrogens (tertiary/aromatic N) is 1. The van der Waals surface area contributed by atoms with Gasteiger partial charge in [0.1, 0.15) is 12.1 Å². The number of likely N-dealkylation sites (tertiary alicyclic amines) is 1. The van der Waals surface area contributed by atoms with Gasteiger partial charge in [0.05, 0.1) is 5.92 Å². The van der Waals surface area contributed by atoms with Crippen molar-refractivity contribution in [2.24, 2.45) is 11.8 Å². The number of nitrogens with one attached hydrogen (secondary N) is 1. The van der Waals surface area contributed by atoms with Gasteiger partial charge in [-0.25, -0.2) is 4.79 Å². The molecule has 1 saturated heterocycles. The molecular formula is C27H30N2O5. The summed E-state index contributed by atoms with van der Waals surface area (Å²) in [5, 5.41) is 12.3. The van der Waals surface area contributed by atoms with E-state index >= 15 is 0 Å². The first-order valence-corrected chi connectivity index (χ1v) is 12.0. The fourth-order valence-corrected chi connectivity index (χ4v) is 5.96. The Morgan fingerprint density at radius 3 is 2.15 bits per heavy atom. The van der Waals surface area contributed by atoms with Gasteiger partial charge in [0, 0.05) is 19.0 Å². The van der Waals surface area contributed by atoms with Crippen LogP contribution in [0.4, 0.5) is 4.79 Å². The van der Waals surface area contributed by atoms with Crippen molar-refractivity contribution < 1.29 is 24.2 Å². The van der Waals surface area contributed by atoms with Crippen LogP contribution in [0.25, 0.3) is 11.1 Å². The van der Waals surface area contributed by atoms with Gasteiger partial charge >= 0.3 is 12.1 Å². The number of ether oxygens (including phenoxy) is 1. The molecule has 2 aromatic carbocycles. The van der Waals surface area contributed by atoms with Gasteiger partial charge in [0.25, 0.3) is 0 Å². The highest BCUT2D eigenvalue weighted by Crippen LogP contribution is 2.44. The highest BCUT2D eigenvalue weighted by Gasteiger charge is 2.48. The van der Waals surface area contributed by atoms with Crippen LogP contribution in [0.15, 0.2) is 48.5 Å². The summed E-state index contributed by atoms with van der Waals surface area (Å²) in [5.41, 5.74) is 3.56. The fraction of sp³-hybridized carbons (Fsp3) is 0.444. The Hall–Kier alpha value is -3.35. The van der Waals surface area contributed by atoms with E-state index in [0.29, 0.717) is 19.4 Å². The van der Waals surface area contributed by atoms with Crippen LogP contribution in [0.5, 0.6) is 0 Å². The number of carboxylic acids is 1. The Labute approximate surface area is 199 Å². The van der Waals surface area contributed by atoms with Crippen molar-refractivity contribution >= 4 is 18.0 Å². The summed E-state index contributed by atoms with van der Waals surface area (Å²) < 4.78 is 5.71. The van der Waals surface area contributed by atoms with E-state index in [1.165, 1.54) is 0 Å². The lowest BCUT2D eigenvalue weighted by Crippen LogP contribution is -2.58. The third kappa shape index (κ3) is 3.83. The van der Waals surface area contributed by atoms with Gasteiger partial charge in [0.2, 0.25) is 5.91 Å². The molecule has 0 spiro atoms. The van der Waals surface area contributed by atoms with Crippen LogP contribution in [0.3, 0.4) is 0 Å². The first-order chi connectivity index (χ1) is 16.4. The Morgan fingerprint density at radius 2 is 1.59 bits per heavy atom. The summed E-state index contributed by atoms with van der Waals surface area (Å²) in [6.07, 6.45) is 2.15. The van der Waals surface area contributed by atoms with Crippen molar-refractivity contribution in [3.8, 4) is 11.1 Å². The SMILES string of the molecule is C[C@@H]1CN(C(=O)C2(NC(=O)OCC3c4ccccc4-c4ccccc43)CCCC2)C[C@H]1C(=O)O. The molecule has 1 heterocycles. The molecule has 5 rings (SSSR count). The van der Waals surface area contributed by atoms with Gasteiger partial charge in [-0.3, -0.25) is 9.59 Å². The zero-order valence-electron chi connectivity index (χ0n) is 19.3.